The predicted molar refractivity (Wildman–Crippen MR) is 79.8 cm³/mol. The van der Waals surface area contributed by atoms with E-state index in [-0.39, 0.29) is 5.91 Å². The van der Waals surface area contributed by atoms with Crippen molar-refractivity contribution in [1.82, 2.24) is 0 Å². The molecular formula is C15H12BrNO3. The summed E-state index contributed by atoms with van der Waals surface area (Å²) in [5.41, 5.74) is 1.02. The average molecular weight is 334 g/mol. The van der Waals surface area contributed by atoms with Crippen LogP contribution in [-0.2, 0) is 4.79 Å². The highest BCUT2D eigenvalue weighted by molar-refractivity contribution is 9.10. The van der Waals surface area contributed by atoms with Gasteiger partial charge in [-0.15, -0.1) is 0 Å². The molecule has 0 aliphatic heterocycles. The molecule has 0 saturated carbocycles. The van der Waals surface area contributed by atoms with Gasteiger partial charge in [0.2, 0.25) is 5.91 Å². The number of hydrogen-bond acceptors (Lipinski definition) is 3. The number of carbonyl (C=O) groups excluding carboxylic acids is 2. The number of esters is 1. The Balaban J connectivity index is 2.16. The molecule has 0 spiro atoms. The molecule has 0 bridgehead atoms. The third-order valence-electron chi connectivity index (χ3n) is 2.46. The molecule has 0 fully saturated rings. The van der Waals surface area contributed by atoms with Crippen LogP contribution in [0.2, 0.25) is 0 Å². The first-order valence-corrected chi connectivity index (χ1v) is 6.70. The molecule has 20 heavy (non-hydrogen) atoms. The fourth-order valence-electron chi connectivity index (χ4n) is 1.63. The number of benzene rings is 2. The van der Waals surface area contributed by atoms with E-state index in [4.69, 9.17) is 4.74 Å². The zero-order valence-electron chi connectivity index (χ0n) is 10.7. The van der Waals surface area contributed by atoms with Crippen molar-refractivity contribution >= 4 is 33.5 Å². The number of carbonyl (C=O) groups is 2. The van der Waals surface area contributed by atoms with E-state index in [1.807, 2.05) is 6.07 Å². The largest absolute Gasteiger partial charge is 0.423 e. The molecule has 1 N–H and O–H groups in total. The maximum absolute atomic E-state index is 12.0. The summed E-state index contributed by atoms with van der Waals surface area (Å²) in [6.07, 6.45) is 0. The van der Waals surface area contributed by atoms with Crippen LogP contribution in [-0.4, -0.2) is 11.9 Å². The molecule has 102 valence electrons. The van der Waals surface area contributed by atoms with Crippen LogP contribution in [0.1, 0.15) is 17.3 Å². The molecule has 5 heteroatoms. The Morgan fingerprint density at radius 3 is 2.55 bits per heavy atom. The Morgan fingerprint density at radius 2 is 1.85 bits per heavy atom. The minimum atomic E-state index is -0.461. The fraction of sp³-hybridized carbons (Fsp3) is 0.0667. The second-order valence-electron chi connectivity index (χ2n) is 4.08. The van der Waals surface area contributed by atoms with Crippen molar-refractivity contribution in [3.8, 4) is 5.75 Å². The lowest BCUT2D eigenvalue weighted by Gasteiger charge is -2.07. The van der Waals surface area contributed by atoms with Gasteiger partial charge in [-0.1, -0.05) is 18.2 Å². The van der Waals surface area contributed by atoms with E-state index in [9.17, 15) is 9.59 Å². The highest BCUT2D eigenvalue weighted by Crippen LogP contribution is 2.21. The van der Waals surface area contributed by atoms with Crippen LogP contribution in [0.15, 0.2) is 53.0 Å². The van der Waals surface area contributed by atoms with Gasteiger partial charge < -0.3 is 10.1 Å². The van der Waals surface area contributed by atoms with E-state index in [1.54, 1.807) is 42.5 Å². The molecule has 2 aromatic rings. The molecule has 0 unspecified atom stereocenters. The van der Waals surface area contributed by atoms with Crippen molar-refractivity contribution in [3.05, 3.63) is 58.6 Å². The van der Waals surface area contributed by atoms with Gasteiger partial charge in [0.1, 0.15) is 5.75 Å². The first kappa shape index (κ1) is 14.3. The number of halogens is 1. The molecule has 0 aliphatic carbocycles. The van der Waals surface area contributed by atoms with Gasteiger partial charge in [0.05, 0.1) is 5.56 Å². The summed E-state index contributed by atoms with van der Waals surface area (Å²) < 4.78 is 5.95. The van der Waals surface area contributed by atoms with Gasteiger partial charge in [0, 0.05) is 23.2 Å². The third kappa shape index (κ3) is 3.68. The van der Waals surface area contributed by atoms with Gasteiger partial charge in [-0.2, -0.15) is 0 Å². The zero-order valence-corrected chi connectivity index (χ0v) is 12.3. The Labute approximate surface area is 124 Å². The fourth-order valence-corrected chi connectivity index (χ4v) is 2.08. The number of rotatable bonds is 3. The van der Waals surface area contributed by atoms with Crippen LogP contribution >= 0.6 is 15.9 Å². The van der Waals surface area contributed by atoms with Crippen LogP contribution in [0.4, 0.5) is 5.69 Å². The second-order valence-corrected chi connectivity index (χ2v) is 4.93. The number of hydrogen-bond donors (Lipinski definition) is 1. The first-order chi connectivity index (χ1) is 9.56. The highest BCUT2D eigenvalue weighted by Gasteiger charge is 2.12. The van der Waals surface area contributed by atoms with Gasteiger partial charge in [-0.25, -0.2) is 4.79 Å². The van der Waals surface area contributed by atoms with Crippen LogP contribution in [0.25, 0.3) is 0 Å². The average Bonchev–Trinajstić information content (AvgIpc) is 2.38. The van der Waals surface area contributed by atoms with Crippen LogP contribution in [0.3, 0.4) is 0 Å². The zero-order chi connectivity index (χ0) is 14.5. The van der Waals surface area contributed by atoms with Gasteiger partial charge >= 0.3 is 5.97 Å². The van der Waals surface area contributed by atoms with E-state index in [0.29, 0.717) is 21.5 Å². The standard InChI is InChI=1S/C15H12BrNO3/c1-10(18)17-11-5-4-6-12(9-11)20-15(19)13-7-2-3-8-14(13)16/h2-9H,1H3,(H,17,18). The highest BCUT2D eigenvalue weighted by atomic mass is 79.9. The molecule has 2 aromatic carbocycles. The molecule has 0 saturated heterocycles. The summed E-state index contributed by atoms with van der Waals surface area (Å²) in [5.74, 6) is -0.270. The third-order valence-corrected chi connectivity index (χ3v) is 3.15. The van der Waals surface area contributed by atoms with Gasteiger partial charge in [0.25, 0.3) is 0 Å². The predicted octanol–water partition coefficient (Wildman–Crippen LogP) is 3.63. The lowest BCUT2D eigenvalue weighted by atomic mass is 10.2. The topological polar surface area (TPSA) is 55.4 Å². The normalized spacial score (nSPS) is 9.90. The smallest absolute Gasteiger partial charge is 0.344 e. The van der Waals surface area contributed by atoms with Crippen molar-refractivity contribution in [1.29, 1.82) is 0 Å². The van der Waals surface area contributed by atoms with Crippen LogP contribution < -0.4 is 10.1 Å². The van der Waals surface area contributed by atoms with Crippen molar-refractivity contribution in [2.45, 2.75) is 6.92 Å². The van der Waals surface area contributed by atoms with Gasteiger partial charge in [0.15, 0.2) is 0 Å². The van der Waals surface area contributed by atoms with Crippen molar-refractivity contribution in [2.24, 2.45) is 0 Å². The molecular weight excluding hydrogens is 322 g/mol. The van der Waals surface area contributed by atoms with Crippen LogP contribution in [0, 0.1) is 0 Å². The van der Waals surface area contributed by atoms with E-state index >= 15 is 0 Å². The first-order valence-electron chi connectivity index (χ1n) is 5.90. The Kier molecular flexibility index (Phi) is 4.53. The Morgan fingerprint density at radius 1 is 1.10 bits per heavy atom. The van der Waals surface area contributed by atoms with Gasteiger partial charge in [-0.05, 0) is 40.2 Å². The summed E-state index contributed by atoms with van der Waals surface area (Å²) in [6, 6.07) is 13.7. The molecule has 0 aliphatic rings. The van der Waals surface area contributed by atoms with Crippen molar-refractivity contribution in [3.63, 3.8) is 0 Å². The maximum Gasteiger partial charge on any atom is 0.344 e. The molecule has 1 amide bonds. The van der Waals surface area contributed by atoms with Gasteiger partial charge in [-0.3, -0.25) is 4.79 Å². The Bertz CT molecular complexity index is 655. The molecule has 4 nitrogen and oxygen atoms in total. The maximum atomic E-state index is 12.0. The monoisotopic (exact) mass is 333 g/mol. The Hall–Kier alpha value is -2.14. The summed E-state index contributed by atoms with van der Waals surface area (Å²) >= 11 is 3.30. The number of nitrogens with one attached hydrogen (secondary N) is 1. The molecule has 0 heterocycles. The molecule has 0 radical (unpaired) electrons. The summed E-state index contributed by atoms with van der Waals surface area (Å²) in [6.45, 7) is 1.42. The molecule has 2 rings (SSSR count). The van der Waals surface area contributed by atoms with E-state index in [1.165, 1.54) is 6.92 Å². The van der Waals surface area contributed by atoms with Crippen LogP contribution in [0.5, 0.6) is 5.75 Å². The minimum absolute atomic E-state index is 0.181. The number of ether oxygens (including phenoxy) is 1. The molecule has 0 atom stereocenters. The van der Waals surface area contributed by atoms with E-state index < -0.39 is 5.97 Å². The molecule has 0 aromatic heterocycles. The van der Waals surface area contributed by atoms with E-state index in [2.05, 4.69) is 21.2 Å². The summed E-state index contributed by atoms with van der Waals surface area (Å²) in [7, 11) is 0. The number of amides is 1. The van der Waals surface area contributed by atoms with E-state index in [0.717, 1.165) is 0 Å². The summed E-state index contributed by atoms with van der Waals surface area (Å²) in [5, 5.41) is 2.63. The minimum Gasteiger partial charge on any atom is -0.423 e. The quantitative estimate of drug-likeness (QED) is 0.689. The SMILES string of the molecule is CC(=O)Nc1cccc(OC(=O)c2ccccc2Br)c1. The number of anilines is 1. The lowest BCUT2D eigenvalue weighted by molar-refractivity contribution is -0.114. The lowest BCUT2D eigenvalue weighted by Crippen LogP contribution is -2.10. The summed E-state index contributed by atoms with van der Waals surface area (Å²) in [4.78, 5) is 23.0. The van der Waals surface area contributed by atoms with Crippen molar-refractivity contribution < 1.29 is 14.3 Å². The van der Waals surface area contributed by atoms with Crippen molar-refractivity contribution in [2.75, 3.05) is 5.32 Å². The second kappa shape index (κ2) is 6.34.